The molecular weight excluding hydrogens is 557 g/mol. The highest BCUT2D eigenvalue weighted by Gasteiger charge is 2.69. The molecule has 1 aromatic heterocycles. The minimum absolute atomic E-state index is 0.0172. The number of hydrogen-bond donors (Lipinski definition) is 1. The molecular formula is C30H27F3N2O3S2. The van der Waals surface area contributed by atoms with Gasteiger partial charge >= 0.3 is 11.0 Å². The molecule has 208 valence electrons. The number of imide groups is 1. The molecule has 3 heterocycles. The summed E-state index contributed by atoms with van der Waals surface area (Å²) in [4.78, 5) is 44.9. The summed E-state index contributed by atoms with van der Waals surface area (Å²) in [7, 11) is 0. The van der Waals surface area contributed by atoms with Gasteiger partial charge in [0.2, 0.25) is 11.8 Å². The number of aromatic amines is 1. The van der Waals surface area contributed by atoms with Crippen molar-refractivity contribution in [3.63, 3.8) is 0 Å². The van der Waals surface area contributed by atoms with E-state index in [9.17, 15) is 27.6 Å². The third-order valence-electron chi connectivity index (χ3n) is 9.29. The van der Waals surface area contributed by atoms with Gasteiger partial charge in [-0.1, -0.05) is 62.4 Å². The Morgan fingerprint density at radius 2 is 1.57 bits per heavy atom. The third kappa shape index (κ3) is 3.71. The Morgan fingerprint density at radius 3 is 2.23 bits per heavy atom. The lowest BCUT2D eigenvalue weighted by Gasteiger charge is -2.43. The Balaban J connectivity index is 1.29. The Bertz CT molecular complexity index is 1600. The maximum Gasteiger partial charge on any atom is 0.416 e. The zero-order chi connectivity index (χ0) is 28.3. The van der Waals surface area contributed by atoms with Crippen LogP contribution in [0.25, 0.3) is 0 Å². The van der Waals surface area contributed by atoms with E-state index in [2.05, 4.69) is 50.0 Å². The van der Waals surface area contributed by atoms with Gasteiger partial charge < -0.3 is 4.98 Å². The molecule has 2 amide bonds. The van der Waals surface area contributed by atoms with Crippen LogP contribution in [0, 0.1) is 29.6 Å². The largest absolute Gasteiger partial charge is 0.416 e. The summed E-state index contributed by atoms with van der Waals surface area (Å²) >= 11 is 2.80. The first kappa shape index (κ1) is 26.1. The normalized spacial score (nSPS) is 30.9. The average molecular weight is 585 g/mol. The molecule has 2 aromatic carbocycles. The van der Waals surface area contributed by atoms with Gasteiger partial charge in [0.1, 0.15) is 0 Å². The Hall–Kier alpha value is -2.85. The molecule has 2 saturated carbocycles. The molecule has 4 aliphatic rings. The molecule has 1 saturated heterocycles. The number of nitrogens with one attached hydrogen (secondary N) is 1. The molecule has 2 bridgehead atoms. The zero-order valence-corrected chi connectivity index (χ0v) is 23.6. The fourth-order valence-corrected chi connectivity index (χ4v) is 10.5. The number of carbonyl (C=O) groups excluding carboxylic acids is 2. The lowest BCUT2D eigenvalue weighted by Crippen LogP contribution is -2.42. The maximum atomic E-state index is 13.8. The van der Waals surface area contributed by atoms with Crippen molar-refractivity contribution in [2.24, 2.45) is 29.6 Å². The van der Waals surface area contributed by atoms with Crippen LogP contribution in [0.1, 0.15) is 54.7 Å². The Kier molecular flexibility index (Phi) is 5.59. The first-order valence-electron chi connectivity index (χ1n) is 13.4. The van der Waals surface area contributed by atoms with Gasteiger partial charge in [-0.05, 0) is 58.9 Å². The number of halogens is 3. The Morgan fingerprint density at radius 1 is 0.900 bits per heavy atom. The van der Waals surface area contributed by atoms with Gasteiger partial charge in [-0.2, -0.15) is 13.2 Å². The highest BCUT2D eigenvalue weighted by atomic mass is 32.2. The molecule has 5 nitrogen and oxygen atoms in total. The van der Waals surface area contributed by atoms with Crippen LogP contribution in [-0.4, -0.2) is 22.0 Å². The van der Waals surface area contributed by atoms with E-state index in [4.69, 9.17) is 0 Å². The van der Waals surface area contributed by atoms with Crippen LogP contribution in [0.2, 0.25) is 0 Å². The number of carbonyl (C=O) groups is 2. The molecule has 10 heteroatoms. The minimum atomic E-state index is -4.58. The zero-order valence-electron chi connectivity index (χ0n) is 22.0. The van der Waals surface area contributed by atoms with Crippen LogP contribution in [0.5, 0.6) is 0 Å². The number of thiazole rings is 1. The molecule has 0 spiro atoms. The molecule has 7 atom stereocenters. The van der Waals surface area contributed by atoms with Gasteiger partial charge in [-0.3, -0.25) is 19.3 Å². The first-order valence-corrected chi connectivity index (χ1v) is 15.1. The fourth-order valence-electron chi connectivity index (χ4n) is 7.66. The molecule has 1 N–H and O–H groups in total. The monoisotopic (exact) mass is 584 g/mol. The van der Waals surface area contributed by atoms with Gasteiger partial charge in [0, 0.05) is 16.0 Å². The summed E-state index contributed by atoms with van der Waals surface area (Å²) in [6, 6.07) is 13.0. The van der Waals surface area contributed by atoms with Crippen LogP contribution in [0.3, 0.4) is 0 Å². The van der Waals surface area contributed by atoms with Crippen molar-refractivity contribution in [1.29, 1.82) is 0 Å². The van der Waals surface area contributed by atoms with Crippen molar-refractivity contribution < 1.29 is 22.8 Å². The summed E-state index contributed by atoms with van der Waals surface area (Å²) < 4.78 is 40.3. The van der Waals surface area contributed by atoms with Gasteiger partial charge in [0.25, 0.3) is 0 Å². The van der Waals surface area contributed by atoms with Crippen LogP contribution in [-0.2, 0) is 21.2 Å². The van der Waals surface area contributed by atoms with Gasteiger partial charge in [0.05, 0.1) is 28.1 Å². The molecule has 2 aliphatic carbocycles. The van der Waals surface area contributed by atoms with Crippen LogP contribution in [0.4, 0.5) is 18.9 Å². The second kappa shape index (κ2) is 8.58. The number of amides is 2. The number of alkyl halides is 3. The lowest BCUT2D eigenvalue weighted by atomic mass is 9.68. The highest BCUT2D eigenvalue weighted by molar-refractivity contribution is 8.00. The molecule has 7 rings (SSSR count). The SMILES string of the molecule is CC(C)(C)c1ccc(C2c3sc(=O)[nH]c3SC3C2[C@H]2C[C@@H]3C3C(=O)N(c4cccc(C(F)(F)F)c4)C(=O)C32)cc1. The van der Waals surface area contributed by atoms with E-state index >= 15 is 0 Å². The highest BCUT2D eigenvalue weighted by Crippen LogP contribution is 2.68. The average Bonchev–Trinajstić information content (AvgIpc) is 3.62. The smallest absolute Gasteiger partial charge is 0.307 e. The third-order valence-corrected chi connectivity index (χ3v) is 11.9. The van der Waals surface area contributed by atoms with Crippen molar-refractivity contribution in [3.8, 4) is 0 Å². The number of thioether (sulfide) groups is 1. The number of benzene rings is 2. The van der Waals surface area contributed by atoms with Crippen molar-refractivity contribution in [2.45, 2.75) is 55.0 Å². The van der Waals surface area contributed by atoms with Crippen molar-refractivity contribution in [3.05, 3.63) is 79.8 Å². The summed E-state index contributed by atoms with van der Waals surface area (Å²) in [5.41, 5.74) is 1.35. The summed E-state index contributed by atoms with van der Waals surface area (Å²) in [5.74, 6) is -2.19. The van der Waals surface area contributed by atoms with E-state index in [1.54, 1.807) is 11.8 Å². The number of H-pyrrole nitrogens is 1. The molecule has 0 radical (unpaired) electrons. The van der Waals surface area contributed by atoms with Crippen molar-refractivity contribution >= 4 is 40.6 Å². The number of anilines is 1. The van der Waals surface area contributed by atoms with Crippen LogP contribution >= 0.6 is 23.1 Å². The van der Waals surface area contributed by atoms with E-state index in [0.29, 0.717) is 0 Å². The number of rotatable bonds is 2. The molecule has 2 aliphatic heterocycles. The molecule has 5 unspecified atom stereocenters. The van der Waals surface area contributed by atoms with E-state index in [1.165, 1.54) is 29.0 Å². The molecule has 3 fully saturated rings. The number of fused-ring (bicyclic) bond motifs is 9. The number of aromatic nitrogens is 1. The Labute approximate surface area is 237 Å². The van der Waals surface area contributed by atoms with Gasteiger partial charge in [-0.25, -0.2) is 0 Å². The molecule has 40 heavy (non-hydrogen) atoms. The van der Waals surface area contributed by atoms with E-state index < -0.39 is 35.4 Å². The summed E-state index contributed by atoms with van der Waals surface area (Å²) in [6.07, 6.45) is -3.85. The van der Waals surface area contributed by atoms with Crippen molar-refractivity contribution in [1.82, 2.24) is 4.98 Å². The van der Waals surface area contributed by atoms with E-state index in [0.717, 1.165) is 38.9 Å². The maximum absolute atomic E-state index is 13.8. The van der Waals surface area contributed by atoms with Crippen LogP contribution < -0.4 is 9.77 Å². The number of hydrogen-bond acceptors (Lipinski definition) is 5. The predicted octanol–water partition coefficient (Wildman–Crippen LogP) is 6.43. The summed E-state index contributed by atoms with van der Waals surface area (Å²) in [5, 5.41) is 0.853. The van der Waals surface area contributed by atoms with Gasteiger partial charge in [0.15, 0.2) is 0 Å². The number of nitrogens with zero attached hydrogens (tertiary/aromatic N) is 1. The van der Waals surface area contributed by atoms with Crippen molar-refractivity contribution in [2.75, 3.05) is 4.90 Å². The van der Waals surface area contributed by atoms with E-state index in [-0.39, 0.29) is 44.9 Å². The first-order chi connectivity index (χ1) is 18.8. The standard InChI is InChI=1S/C30H27F3N2O3S2/c1-29(2,3)14-9-7-13(8-10-14)19-20-17-12-18(23(20)39-25-24(19)40-28(38)34-25)22-21(17)26(36)35(27(22)37)16-6-4-5-15(11-16)30(31,32)33/h4-11,17-23H,12H2,1-3H3,(H,34,38)/t17-,18-,19?,20?,21?,22?,23?/m1/s1. The second-order valence-electron chi connectivity index (χ2n) is 12.4. The minimum Gasteiger partial charge on any atom is -0.307 e. The van der Waals surface area contributed by atoms with Gasteiger partial charge in [-0.15, -0.1) is 11.8 Å². The van der Waals surface area contributed by atoms with E-state index in [1.807, 2.05) is 0 Å². The quantitative estimate of drug-likeness (QED) is 0.353. The predicted molar refractivity (Wildman–Crippen MR) is 148 cm³/mol. The fraction of sp³-hybridized carbons (Fsp3) is 0.433. The summed E-state index contributed by atoms with van der Waals surface area (Å²) in [6.45, 7) is 6.46. The molecule has 3 aromatic rings. The second-order valence-corrected chi connectivity index (χ2v) is 14.6. The lowest BCUT2D eigenvalue weighted by molar-refractivity contribution is -0.137. The topological polar surface area (TPSA) is 70.2 Å². The van der Waals surface area contributed by atoms with Crippen LogP contribution in [0.15, 0.2) is 58.4 Å².